The molecule has 0 rings (SSSR count). The fourth-order valence-electron chi connectivity index (χ4n) is 0.591. The van der Waals surface area contributed by atoms with E-state index in [4.69, 9.17) is 10.6 Å². The molecule has 0 unspecified atom stereocenters. The van der Waals surface area contributed by atoms with E-state index in [1.54, 1.807) is 0 Å². The fraction of sp³-hybridized carbons (Fsp3) is 0.857. The van der Waals surface area contributed by atoms with E-state index < -0.39 is 5.97 Å². The molecule has 0 aromatic carbocycles. The summed E-state index contributed by atoms with van der Waals surface area (Å²) in [4.78, 5) is 14.9. The Bertz CT molecular complexity index is 128. The molecule has 3 N–H and O–H groups in total. The fourth-order valence-corrected chi connectivity index (χ4v) is 0.591. The molecule has 0 atom stereocenters. The van der Waals surface area contributed by atoms with Gasteiger partial charge in [0, 0.05) is 6.61 Å². The number of hydrazine groups is 1. The van der Waals surface area contributed by atoms with Gasteiger partial charge in [0.25, 0.3) is 0 Å². The van der Waals surface area contributed by atoms with Gasteiger partial charge in [0.05, 0.1) is 13.0 Å². The first-order valence-electron chi connectivity index (χ1n) is 3.89. The van der Waals surface area contributed by atoms with Crippen LogP contribution in [0.15, 0.2) is 0 Å². The number of rotatable bonds is 6. The predicted octanol–water partition coefficient (Wildman–Crippen LogP) is -0.0294. The topological polar surface area (TPSA) is 73.6 Å². The third kappa shape index (κ3) is 7.46. The minimum Gasteiger partial charge on any atom is -0.381 e. The van der Waals surface area contributed by atoms with E-state index in [0.29, 0.717) is 19.1 Å². The number of nitrogens with one attached hydrogen (secondary N) is 1. The van der Waals surface area contributed by atoms with E-state index in [2.05, 4.69) is 4.84 Å². The number of carbonyl (C=O) groups excluding carboxylic acids is 1. The first-order chi connectivity index (χ1) is 5.66. The summed E-state index contributed by atoms with van der Waals surface area (Å²) in [6, 6.07) is 0. The lowest BCUT2D eigenvalue weighted by Crippen LogP contribution is -2.26. The van der Waals surface area contributed by atoms with E-state index >= 15 is 0 Å². The molecular formula is C7H16N2O3. The maximum atomic E-state index is 10.6. The minimum absolute atomic E-state index is 0.219. The molecule has 5 heteroatoms. The number of hydrogen-bond acceptors (Lipinski definition) is 5. The molecule has 0 heterocycles. The maximum absolute atomic E-state index is 10.6. The van der Waals surface area contributed by atoms with Crippen LogP contribution in [0.3, 0.4) is 0 Å². The van der Waals surface area contributed by atoms with Crippen molar-refractivity contribution >= 4 is 5.97 Å². The molecule has 0 amide bonds. The van der Waals surface area contributed by atoms with Crippen LogP contribution in [-0.4, -0.2) is 19.2 Å². The largest absolute Gasteiger partial charge is 0.381 e. The lowest BCUT2D eigenvalue weighted by atomic mass is 10.2. The maximum Gasteiger partial charge on any atom is 0.328 e. The molecule has 72 valence electrons. The Balaban J connectivity index is 3.14. The third-order valence-corrected chi connectivity index (χ3v) is 1.07. The van der Waals surface area contributed by atoms with Crippen LogP contribution in [0.4, 0.5) is 0 Å². The summed E-state index contributed by atoms with van der Waals surface area (Å²) in [7, 11) is 0. The summed E-state index contributed by atoms with van der Waals surface area (Å²) < 4.78 is 5.14. The lowest BCUT2D eigenvalue weighted by molar-refractivity contribution is -0.152. The van der Waals surface area contributed by atoms with Gasteiger partial charge in [-0.05, 0) is 5.92 Å². The first-order valence-corrected chi connectivity index (χ1v) is 3.89. The Morgan fingerprint density at radius 1 is 1.58 bits per heavy atom. The van der Waals surface area contributed by atoms with Crippen molar-refractivity contribution < 1.29 is 14.4 Å². The van der Waals surface area contributed by atoms with Crippen LogP contribution in [0.2, 0.25) is 0 Å². The molecule has 0 aromatic rings. The second-order valence-corrected chi connectivity index (χ2v) is 2.81. The van der Waals surface area contributed by atoms with E-state index in [1.807, 2.05) is 19.4 Å². The number of hydrogen-bond donors (Lipinski definition) is 2. The van der Waals surface area contributed by atoms with Gasteiger partial charge in [-0.15, -0.1) is 0 Å². The summed E-state index contributed by atoms with van der Waals surface area (Å²) >= 11 is 0. The molecule has 0 saturated carbocycles. The van der Waals surface area contributed by atoms with Crippen LogP contribution < -0.4 is 11.4 Å². The minimum atomic E-state index is -0.416. The average molecular weight is 176 g/mol. The molecule has 5 nitrogen and oxygen atoms in total. The van der Waals surface area contributed by atoms with Crippen LogP contribution >= 0.6 is 0 Å². The van der Waals surface area contributed by atoms with E-state index in [0.717, 1.165) is 0 Å². The molecule has 0 fully saturated rings. The smallest absolute Gasteiger partial charge is 0.328 e. The Morgan fingerprint density at radius 3 is 2.75 bits per heavy atom. The highest BCUT2D eigenvalue weighted by atomic mass is 16.7. The molecule has 0 spiro atoms. The lowest BCUT2D eigenvalue weighted by Gasteiger charge is -2.05. The predicted molar refractivity (Wildman–Crippen MR) is 43.7 cm³/mol. The molecule has 12 heavy (non-hydrogen) atoms. The molecule has 0 aliphatic rings. The van der Waals surface area contributed by atoms with Crippen molar-refractivity contribution in [2.75, 3.05) is 13.2 Å². The highest BCUT2D eigenvalue weighted by Gasteiger charge is 2.01. The molecule has 0 bridgehead atoms. The number of ether oxygens (including phenoxy) is 1. The van der Waals surface area contributed by atoms with Gasteiger partial charge in [0.1, 0.15) is 0 Å². The Kier molecular flexibility index (Phi) is 6.64. The highest BCUT2D eigenvalue weighted by Crippen LogP contribution is 1.93. The Morgan fingerprint density at radius 2 is 2.25 bits per heavy atom. The summed E-state index contributed by atoms with van der Waals surface area (Å²) in [5.41, 5.74) is 1.81. The summed E-state index contributed by atoms with van der Waals surface area (Å²) in [6.07, 6.45) is 0.219. The average Bonchev–Trinajstić information content (AvgIpc) is 1.98. The van der Waals surface area contributed by atoms with Gasteiger partial charge in [0.15, 0.2) is 0 Å². The Hall–Kier alpha value is -0.650. The van der Waals surface area contributed by atoms with Crippen LogP contribution in [0.1, 0.15) is 20.3 Å². The van der Waals surface area contributed by atoms with Crippen molar-refractivity contribution in [3.63, 3.8) is 0 Å². The molecular weight excluding hydrogens is 160 g/mol. The van der Waals surface area contributed by atoms with Crippen LogP contribution in [0.25, 0.3) is 0 Å². The normalized spacial score (nSPS) is 10.3. The number of nitrogens with two attached hydrogens (primary N) is 1. The highest BCUT2D eigenvalue weighted by molar-refractivity contribution is 5.69. The molecule has 0 aliphatic heterocycles. The molecule has 0 saturated heterocycles. The van der Waals surface area contributed by atoms with Crippen LogP contribution in [0.5, 0.6) is 0 Å². The van der Waals surface area contributed by atoms with Gasteiger partial charge in [0.2, 0.25) is 0 Å². The zero-order valence-electron chi connectivity index (χ0n) is 7.50. The summed E-state index contributed by atoms with van der Waals surface area (Å²) in [5.74, 6) is 4.81. The van der Waals surface area contributed by atoms with Crippen molar-refractivity contribution in [2.24, 2.45) is 11.8 Å². The monoisotopic (exact) mass is 176 g/mol. The van der Waals surface area contributed by atoms with Crippen LogP contribution in [0, 0.1) is 5.92 Å². The third-order valence-electron chi connectivity index (χ3n) is 1.07. The zero-order chi connectivity index (χ0) is 9.40. The van der Waals surface area contributed by atoms with Gasteiger partial charge in [-0.1, -0.05) is 19.4 Å². The summed E-state index contributed by atoms with van der Waals surface area (Å²) in [5, 5.41) is 0. The van der Waals surface area contributed by atoms with Crippen molar-refractivity contribution in [2.45, 2.75) is 20.3 Å². The molecule has 0 radical (unpaired) electrons. The standard InChI is InChI=1S/C7H16N2O3/c1-6(2)5-11-4-3-7(10)12-9-8/h6,9H,3-5,8H2,1-2H3. The zero-order valence-corrected chi connectivity index (χ0v) is 7.50. The van der Waals surface area contributed by atoms with E-state index in [-0.39, 0.29) is 6.42 Å². The second-order valence-electron chi connectivity index (χ2n) is 2.81. The van der Waals surface area contributed by atoms with Crippen molar-refractivity contribution in [1.82, 2.24) is 5.59 Å². The van der Waals surface area contributed by atoms with Gasteiger partial charge in [-0.2, -0.15) is 0 Å². The first kappa shape index (κ1) is 11.4. The van der Waals surface area contributed by atoms with Gasteiger partial charge >= 0.3 is 5.97 Å². The molecule has 0 aromatic heterocycles. The van der Waals surface area contributed by atoms with Crippen LogP contribution in [-0.2, 0) is 14.4 Å². The number of carbonyl (C=O) groups is 1. The molecule has 0 aliphatic carbocycles. The van der Waals surface area contributed by atoms with Gasteiger partial charge in [-0.3, -0.25) is 4.79 Å². The van der Waals surface area contributed by atoms with E-state index in [1.165, 1.54) is 0 Å². The van der Waals surface area contributed by atoms with Crippen molar-refractivity contribution in [3.05, 3.63) is 0 Å². The van der Waals surface area contributed by atoms with Gasteiger partial charge in [-0.25, -0.2) is 5.84 Å². The van der Waals surface area contributed by atoms with Crippen molar-refractivity contribution in [3.8, 4) is 0 Å². The SMILES string of the molecule is CC(C)COCCC(=O)ONN. The van der Waals surface area contributed by atoms with Gasteiger partial charge < -0.3 is 9.57 Å². The summed E-state index contributed by atoms with van der Waals surface area (Å²) in [6.45, 7) is 5.11. The second kappa shape index (κ2) is 7.02. The quantitative estimate of drug-likeness (QED) is 0.338. The van der Waals surface area contributed by atoms with E-state index in [9.17, 15) is 4.79 Å². The Labute approximate surface area is 72.1 Å². The van der Waals surface area contributed by atoms with Crippen molar-refractivity contribution in [1.29, 1.82) is 0 Å².